The fraction of sp³-hybridized carbons (Fsp3) is 0.333. The molecule has 2 aliphatic rings. The summed E-state index contributed by atoms with van der Waals surface area (Å²) in [5.41, 5.74) is 1.81. The van der Waals surface area contributed by atoms with Crippen molar-refractivity contribution >= 4 is 17.6 Å². The summed E-state index contributed by atoms with van der Waals surface area (Å²) in [7, 11) is 0. The van der Waals surface area contributed by atoms with Crippen LogP contribution in [0.4, 0.5) is 14.9 Å². The standard InChI is InChI=1S/C21H23FN4O2/c22-19-7-6-17(26-9-8-23-21(26)28)14-18(19)20(27)25-12-10-24(11-13-25)15-16-4-2-1-3-5-16/h1-7,14H,8-13,15H2,(H,23,28). The Hall–Kier alpha value is -2.93. The number of rotatable bonds is 4. The van der Waals surface area contributed by atoms with E-state index in [0.717, 1.165) is 19.6 Å². The molecule has 6 nitrogen and oxygen atoms in total. The van der Waals surface area contributed by atoms with Crippen molar-refractivity contribution in [1.82, 2.24) is 15.1 Å². The number of halogens is 1. The van der Waals surface area contributed by atoms with Crippen molar-refractivity contribution in [2.45, 2.75) is 6.54 Å². The average molecular weight is 382 g/mol. The van der Waals surface area contributed by atoms with Gasteiger partial charge in [-0.15, -0.1) is 0 Å². The molecule has 4 rings (SSSR count). The van der Waals surface area contributed by atoms with Crippen LogP contribution in [0.2, 0.25) is 0 Å². The average Bonchev–Trinajstić information content (AvgIpc) is 3.15. The van der Waals surface area contributed by atoms with E-state index in [9.17, 15) is 14.0 Å². The van der Waals surface area contributed by atoms with Crippen molar-refractivity contribution in [2.75, 3.05) is 44.2 Å². The molecule has 2 heterocycles. The number of nitrogens with zero attached hydrogens (tertiary/aromatic N) is 3. The molecule has 0 aliphatic carbocycles. The number of anilines is 1. The van der Waals surface area contributed by atoms with Crippen molar-refractivity contribution in [1.29, 1.82) is 0 Å². The van der Waals surface area contributed by atoms with Gasteiger partial charge in [-0.1, -0.05) is 30.3 Å². The summed E-state index contributed by atoms with van der Waals surface area (Å²) in [5.74, 6) is -0.876. The lowest BCUT2D eigenvalue weighted by Crippen LogP contribution is -2.48. The van der Waals surface area contributed by atoms with E-state index >= 15 is 0 Å². The molecule has 2 aliphatic heterocycles. The molecular weight excluding hydrogens is 359 g/mol. The first-order valence-electron chi connectivity index (χ1n) is 9.52. The second-order valence-corrected chi connectivity index (χ2v) is 7.10. The highest BCUT2D eigenvalue weighted by Crippen LogP contribution is 2.22. The molecule has 0 atom stereocenters. The quantitative estimate of drug-likeness (QED) is 0.883. The van der Waals surface area contributed by atoms with Crippen LogP contribution in [0.5, 0.6) is 0 Å². The van der Waals surface area contributed by atoms with E-state index in [2.05, 4.69) is 22.3 Å². The molecule has 0 aromatic heterocycles. The van der Waals surface area contributed by atoms with Crippen LogP contribution in [0.25, 0.3) is 0 Å². The summed E-state index contributed by atoms with van der Waals surface area (Å²) in [6, 6.07) is 14.3. The fourth-order valence-corrected chi connectivity index (χ4v) is 3.68. The molecule has 0 spiro atoms. The number of piperazine rings is 1. The van der Waals surface area contributed by atoms with E-state index in [0.29, 0.717) is 31.9 Å². The molecule has 3 amide bonds. The van der Waals surface area contributed by atoms with Crippen molar-refractivity contribution in [2.24, 2.45) is 0 Å². The van der Waals surface area contributed by atoms with Crippen LogP contribution in [-0.4, -0.2) is 61.0 Å². The van der Waals surface area contributed by atoms with Crippen LogP contribution < -0.4 is 10.2 Å². The minimum atomic E-state index is -0.555. The Kier molecular flexibility index (Phi) is 5.25. The Morgan fingerprint density at radius 1 is 1.00 bits per heavy atom. The molecule has 146 valence electrons. The van der Waals surface area contributed by atoms with Crippen LogP contribution in [-0.2, 0) is 6.54 Å². The van der Waals surface area contributed by atoms with Crippen LogP contribution in [0.1, 0.15) is 15.9 Å². The fourth-order valence-electron chi connectivity index (χ4n) is 3.68. The third-order valence-corrected chi connectivity index (χ3v) is 5.26. The first-order chi connectivity index (χ1) is 13.6. The molecule has 0 saturated carbocycles. The van der Waals surface area contributed by atoms with Gasteiger partial charge in [-0.3, -0.25) is 14.6 Å². The molecule has 0 unspecified atom stereocenters. The lowest BCUT2D eigenvalue weighted by molar-refractivity contribution is 0.0624. The molecular formula is C21H23FN4O2. The van der Waals surface area contributed by atoms with Crippen LogP contribution in [0.3, 0.4) is 0 Å². The first kappa shape index (κ1) is 18.4. The number of amides is 3. The summed E-state index contributed by atoms with van der Waals surface area (Å²) < 4.78 is 14.3. The zero-order valence-electron chi connectivity index (χ0n) is 15.6. The maximum Gasteiger partial charge on any atom is 0.321 e. The number of hydrogen-bond donors (Lipinski definition) is 1. The number of hydrogen-bond acceptors (Lipinski definition) is 3. The van der Waals surface area contributed by atoms with Gasteiger partial charge in [0.15, 0.2) is 0 Å². The number of carbonyl (C=O) groups excluding carboxylic acids is 2. The smallest absolute Gasteiger partial charge is 0.321 e. The molecule has 2 fully saturated rings. The highest BCUT2D eigenvalue weighted by molar-refractivity contribution is 5.98. The first-order valence-corrected chi connectivity index (χ1v) is 9.52. The second kappa shape index (κ2) is 7.98. The van der Waals surface area contributed by atoms with Gasteiger partial charge in [0.05, 0.1) is 5.56 Å². The van der Waals surface area contributed by atoms with Crippen molar-refractivity contribution in [3.63, 3.8) is 0 Å². The zero-order chi connectivity index (χ0) is 19.5. The summed E-state index contributed by atoms with van der Waals surface area (Å²) in [5, 5.41) is 2.71. The Labute approximate surface area is 163 Å². The minimum Gasteiger partial charge on any atom is -0.336 e. The van der Waals surface area contributed by atoms with Gasteiger partial charge in [-0.05, 0) is 23.8 Å². The highest BCUT2D eigenvalue weighted by atomic mass is 19.1. The van der Waals surface area contributed by atoms with Gasteiger partial charge >= 0.3 is 6.03 Å². The van der Waals surface area contributed by atoms with Gasteiger partial charge in [0.2, 0.25) is 0 Å². The molecule has 0 bridgehead atoms. The predicted molar refractivity (Wildman–Crippen MR) is 105 cm³/mol. The molecule has 7 heteroatoms. The molecule has 2 aromatic rings. The summed E-state index contributed by atoms with van der Waals surface area (Å²) in [6.45, 7) is 4.50. The van der Waals surface area contributed by atoms with Gasteiger partial charge in [-0.2, -0.15) is 0 Å². The van der Waals surface area contributed by atoms with E-state index in [1.165, 1.54) is 28.7 Å². The zero-order valence-corrected chi connectivity index (χ0v) is 15.6. The third-order valence-electron chi connectivity index (χ3n) is 5.26. The lowest BCUT2D eigenvalue weighted by Gasteiger charge is -2.35. The molecule has 2 saturated heterocycles. The molecule has 2 aromatic carbocycles. The van der Waals surface area contributed by atoms with Crippen LogP contribution >= 0.6 is 0 Å². The molecule has 1 N–H and O–H groups in total. The SMILES string of the molecule is O=C(c1cc(N2CCNC2=O)ccc1F)N1CCN(Cc2ccccc2)CC1. The van der Waals surface area contributed by atoms with Crippen molar-refractivity contribution in [3.05, 3.63) is 65.5 Å². The number of nitrogens with one attached hydrogen (secondary N) is 1. The summed E-state index contributed by atoms with van der Waals surface area (Å²) >= 11 is 0. The maximum atomic E-state index is 14.3. The number of benzene rings is 2. The van der Waals surface area contributed by atoms with Gasteiger partial charge in [0.1, 0.15) is 5.82 Å². The van der Waals surface area contributed by atoms with E-state index in [-0.39, 0.29) is 17.5 Å². The van der Waals surface area contributed by atoms with Gasteiger partial charge in [-0.25, -0.2) is 9.18 Å². The highest BCUT2D eigenvalue weighted by Gasteiger charge is 2.27. The topological polar surface area (TPSA) is 55.9 Å². The van der Waals surface area contributed by atoms with Crippen molar-refractivity contribution in [3.8, 4) is 0 Å². The van der Waals surface area contributed by atoms with Gasteiger partial charge in [0.25, 0.3) is 5.91 Å². The lowest BCUT2D eigenvalue weighted by atomic mass is 10.1. The Morgan fingerprint density at radius 3 is 2.43 bits per heavy atom. The largest absolute Gasteiger partial charge is 0.336 e. The monoisotopic (exact) mass is 382 g/mol. The number of urea groups is 1. The summed E-state index contributed by atoms with van der Waals surface area (Å²) in [6.07, 6.45) is 0. The normalized spacial score (nSPS) is 17.7. The van der Waals surface area contributed by atoms with E-state index < -0.39 is 5.82 Å². The van der Waals surface area contributed by atoms with Gasteiger partial charge < -0.3 is 10.2 Å². The van der Waals surface area contributed by atoms with Gasteiger partial charge in [0, 0.05) is 51.5 Å². The maximum absolute atomic E-state index is 14.3. The predicted octanol–water partition coefficient (Wildman–Crippen LogP) is 2.31. The van der Waals surface area contributed by atoms with E-state index in [4.69, 9.17) is 0 Å². The Morgan fingerprint density at radius 2 is 1.75 bits per heavy atom. The Balaban J connectivity index is 1.42. The third kappa shape index (κ3) is 3.84. The van der Waals surface area contributed by atoms with E-state index in [1.54, 1.807) is 4.90 Å². The minimum absolute atomic E-state index is 0.0220. The van der Waals surface area contributed by atoms with Crippen LogP contribution in [0, 0.1) is 5.82 Å². The Bertz CT molecular complexity index is 866. The number of carbonyl (C=O) groups is 2. The van der Waals surface area contributed by atoms with E-state index in [1.807, 2.05) is 18.2 Å². The summed E-state index contributed by atoms with van der Waals surface area (Å²) in [4.78, 5) is 30.2. The van der Waals surface area contributed by atoms with Crippen LogP contribution in [0.15, 0.2) is 48.5 Å². The van der Waals surface area contributed by atoms with Crippen molar-refractivity contribution < 1.29 is 14.0 Å². The molecule has 28 heavy (non-hydrogen) atoms. The molecule has 0 radical (unpaired) electrons. The second-order valence-electron chi connectivity index (χ2n) is 7.10.